The molecule has 4 aliphatic carbocycles. The quantitative estimate of drug-likeness (QED) is 0.166. The molecule has 6 heteroatoms. The molecule has 0 saturated heterocycles. The van der Waals surface area contributed by atoms with Gasteiger partial charge in [0.15, 0.2) is 0 Å². The standard InChI is InChI=1S/C69H58N4O.Pt/c1-44-38-63(70-42-56(44)45-24-26-50(27-25-45)67(2,3)4)73-59-21-10-7-18-54(59)55-29-28-53(41-62(55)73)74-52-17-13-16-51(40-52)71-43-72(61-23-12-11-22-60(61)71)66-64-48(32-36-68(64)34-30-46-14-5-8-19-57(46)68)39-49-33-37-69(65(49)66)35-31-47-15-6-9-20-58(47)69;/h5-29,38-42H,30-37H2,1-4H3;. The van der Waals surface area contributed by atoms with Crippen molar-refractivity contribution in [1.29, 1.82) is 0 Å². The van der Waals surface area contributed by atoms with Crippen LogP contribution in [0.4, 0.5) is 0 Å². The van der Waals surface area contributed by atoms with Gasteiger partial charge in [-0.2, -0.15) is 0 Å². The number of aryl methyl sites for hydroxylation is 5. The van der Waals surface area contributed by atoms with Crippen LogP contribution in [-0.2, 0) is 61.3 Å². The summed E-state index contributed by atoms with van der Waals surface area (Å²) in [6.07, 6.45) is 11.2. The molecule has 3 heterocycles. The minimum atomic E-state index is -0.0183. The Labute approximate surface area is 449 Å². The van der Waals surface area contributed by atoms with Gasteiger partial charge in [-0.25, -0.2) is 0 Å². The average Bonchev–Trinajstić information content (AvgIpc) is 4.48. The predicted octanol–water partition coefficient (Wildman–Crippen LogP) is 16.4. The number of hydrogen-bond donors (Lipinski definition) is 0. The monoisotopic (exact) mass is 1150 g/mol. The molecule has 370 valence electrons. The molecule has 0 bridgehead atoms. The van der Waals surface area contributed by atoms with Gasteiger partial charge in [-0.05, 0) is 29.0 Å². The number of para-hydroxylation sites is 3. The van der Waals surface area contributed by atoms with Crippen molar-refractivity contribution in [2.24, 2.45) is 0 Å². The van der Waals surface area contributed by atoms with E-state index in [2.05, 4.69) is 237 Å². The fourth-order valence-electron chi connectivity index (χ4n) is 14.6. The molecule has 2 unspecified atom stereocenters. The van der Waals surface area contributed by atoms with Gasteiger partial charge in [-0.1, -0.05) is 57.2 Å². The van der Waals surface area contributed by atoms with Crippen molar-refractivity contribution in [2.75, 3.05) is 0 Å². The molecule has 2 atom stereocenters. The van der Waals surface area contributed by atoms with E-state index in [0.717, 1.165) is 96.4 Å². The van der Waals surface area contributed by atoms with E-state index in [1.54, 1.807) is 33.4 Å². The van der Waals surface area contributed by atoms with Crippen LogP contribution in [0.3, 0.4) is 0 Å². The topological polar surface area (TPSA) is 36.9 Å². The Morgan fingerprint density at radius 2 is 1.08 bits per heavy atom. The van der Waals surface area contributed by atoms with Crippen LogP contribution in [0.2, 0.25) is 0 Å². The van der Waals surface area contributed by atoms with E-state index in [0.29, 0.717) is 0 Å². The number of imidazole rings is 1. The first kappa shape index (κ1) is 45.1. The summed E-state index contributed by atoms with van der Waals surface area (Å²) in [6.45, 7) is 8.97. The summed E-state index contributed by atoms with van der Waals surface area (Å²) in [5.41, 5.74) is 24.4. The van der Waals surface area contributed by atoms with Gasteiger partial charge in [-0.3, -0.25) is 0 Å². The summed E-state index contributed by atoms with van der Waals surface area (Å²) < 4.78 is 15.6. The molecule has 3 aromatic heterocycles. The van der Waals surface area contributed by atoms with Crippen molar-refractivity contribution in [1.82, 2.24) is 18.7 Å². The van der Waals surface area contributed by atoms with Gasteiger partial charge in [0.05, 0.1) is 0 Å². The molecule has 75 heavy (non-hydrogen) atoms. The second kappa shape index (κ2) is 16.6. The van der Waals surface area contributed by atoms with E-state index in [1.807, 2.05) is 6.20 Å². The Kier molecular flexibility index (Phi) is 9.97. The smallest absolute Gasteiger partial charge is 0.0579 e. The third kappa shape index (κ3) is 6.66. The van der Waals surface area contributed by atoms with Crippen molar-refractivity contribution < 1.29 is 24.1 Å². The first-order valence-electron chi connectivity index (χ1n) is 27.0. The Balaban J connectivity index is 0.858. The number of nitrogens with zero attached hydrogens (tertiary/aromatic N) is 4. The summed E-state index contributed by atoms with van der Waals surface area (Å²) >= 11 is 2.66. The zero-order valence-electron chi connectivity index (χ0n) is 43.0. The van der Waals surface area contributed by atoms with Crippen molar-refractivity contribution >= 4 is 32.8 Å². The van der Waals surface area contributed by atoms with Gasteiger partial charge in [0, 0.05) is 11.8 Å². The van der Waals surface area contributed by atoms with E-state index in [-0.39, 0.29) is 16.2 Å². The molecule has 8 aromatic carbocycles. The molecule has 11 aromatic rings. The number of pyridine rings is 1. The number of aromatic nitrogens is 4. The zero-order valence-corrected chi connectivity index (χ0v) is 45.3. The van der Waals surface area contributed by atoms with Crippen molar-refractivity contribution in [3.8, 4) is 39.8 Å². The first-order chi connectivity index (χ1) is 36.6. The van der Waals surface area contributed by atoms with E-state index in [1.165, 1.54) is 53.7 Å². The van der Waals surface area contributed by atoms with Crippen molar-refractivity contribution in [3.05, 3.63) is 242 Å². The minimum absolute atomic E-state index is 0.0183. The molecule has 15 rings (SSSR count). The minimum Gasteiger partial charge on any atom is -0.0579 e. The van der Waals surface area contributed by atoms with Crippen LogP contribution in [0.15, 0.2) is 182 Å². The summed E-state index contributed by atoms with van der Waals surface area (Å²) in [5.74, 6) is 2.45. The molecule has 5 nitrogen and oxygen atoms in total. The van der Waals surface area contributed by atoms with Crippen molar-refractivity contribution in [2.45, 2.75) is 95.3 Å². The van der Waals surface area contributed by atoms with Crippen LogP contribution >= 0.6 is 0 Å². The number of fused-ring (bicyclic) bond motifs is 12. The molecule has 0 amide bonds. The Morgan fingerprint density at radius 1 is 0.507 bits per heavy atom. The Morgan fingerprint density at radius 3 is 1.73 bits per heavy atom. The number of benzene rings is 8. The van der Waals surface area contributed by atoms with E-state index >= 15 is 0 Å². The van der Waals surface area contributed by atoms with E-state index < -0.39 is 0 Å². The van der Waals surface area contributed by atoms with Crippen LogP contribution in [0, 0.1) is 10.7 Å². The summed E-state index contributed by atoms with van der Waals surface area (Å²) in [5, 5.41) is 2.35. The van der Waals surface area contributed by atoms with Crippen LogP contribution < -0.4 is 4.74 Å². The molecule has 4 aliphatic rings. The van der Waals surface area contributed by atoms with Crippen molar-refractivity contribution in [3.63, 3.8) is 0 Å². The molecule has 0 radical (unpaired) electrons. The van der Waals surface area contributed by atoms with E-state index in [4.69, 9.17) is 9.72 Å². The molecule has 0 N–H and O–H groups in total. The fraction of sp³-hybridized carbons (Fsp3) is 0.217. The van der Waals surface area contributed by atoms with Gasteiger partial charge in [0.1, 0.15) is 0 Å². The molecular formula is C69H58N4OPt. The number of ether oxygens (including phenoxy) is 1. The van der Waals surface area contributed by atoms with Gasteiger partial charge < -0.3 is 0 Å². The van der Waals surface area contributed by atoms with Crippen LogP contribution in [-0.4, -0.2) is 18.7 Å². The van der Waals surface area contributed by atoms with Gasteiger partial charge in [-0.15, -0.1) is 0 Å². The van der Waals surface area contributed by atoms with Gasteiger partial charge in [0.25, 0.3) is 0 Å². The van der Waals surface area contributed by atoms with Gasteiger partial charge >= 0.3 is 354 Å². The number of hydrogen-bond acceptors (Lipinski definition) is 2. The van der Waals surface area contributed by atoms with Gasteiger partial charge in [0.2, 0.25) is 0 Å². The molecule has 2 spiro atoms. The average molecular weight is 1150 g/mol. The van der Waals surface area contributed by atoms with Crippen LogP contribution in [0.25, 0.3) is 61.2 Å². The summed E-state index contributed by atoms with van der Waals surface area (Å²) in [7, 11) is 0. The third-order valence-corrected chi connectivity index (χ3v) is 19.1. The SMILES string of the molecule is Cc1cc(-n2c3ccccc3c3ccc(Oc4cccc(-n5[c](=[Pt])n(-c6c7c(cc8c6C6(CCc9ccccc96)CC8)CCC76CCc7ccccc76)c6ccccc65)c4)cc32)ncc1-c1ccc(C(C)(C)C)cc1. The van der Waals surface area contributed by atoms with Crippen LogP contribution in [0.1, 0.15) is 102 Å². The second-order valence-electron chi connectivity index (χ2n) is 23.0. The number of rotatable bonds is 6. The maximum absolute atomic E-state index is 6.97. The summed E-state index contributed by atoms with van der Waals surface area (Å²) in [6, 6.07) is 65.6. The Bertz CT molecular complexity index is 4170. The van der Waals surface area contributed by atoms with E-state index in [9.17, 15) is 0 Å². The Hall–Kier alpha value is -7.33. The molecule has 0 aliphatic heterocycles. The fourth-order valence-corrected chi connectivity index (χ4v) is 15.7. The molecular weight excluding hydrogens is 1100 g/mol. The normalized spacial score (nSPS) is 18.4. The zero-order chi connectivity index (χ0) is 50.4. The second-order valence-corrected chi connectivity index (χ2v) is 24.0. The third-order valence-electron chi connectivity index (χ3n) is 18.0. The first-order valence-corrected chi connectivity index (χ1v) is 28.2. The predicted molar refractivity (Wildman–Crippen MR) is 301 cm³/mol. The summed E-state index contributed by atoms with van der Waals surface area (Å²) in [4.78, 5) is 5.16. The maximum atomic E-state index is 6.97. The van der Waals surface area contributed by atoms with Crippen LogP contribution in [0.5, 0.6) is 11.5 Å². The molecule has 0 fully saturated rings. The molecule has 0 saturated carbocycles.